The minimum atomic E-state index is -0.0745. The maximum atomic E-state index is 12.7. The topological polar surface area (TPSA) is 41.1 Å². The van der Waals surface area contributed by atoms with Crippen molar-refractivity contribution in [3.05, 3.63) is 86.9 Å². The first-order valence-corrected chi connectivity index (χ1v) is 9.77. The van der Waals surface area contributed by atoms with E-state index < -0.39 is 0 Å². The monoisotopic (exact) mass is 412 g/mol. The van der Waals surface area contributed by atoms with Crippen molar-refractivity contribution in [3.63, 3.8) is 0 Å². The van der Waals surface area contributed by atoms with Gasteiger partial charge in [0.15, 0.2) is 0 Å². The van der Waals surface area contributed by atoms with Gasteiger partial charge in [-0.25, -0.2) is 0 Å². The summed E-state index contributed by atoms with van der Waals surface area (Å²) in [6.07, 6.45) is 0.234. The molecule has 0 bridgehead atoms. The minimum Gasteiger partial charge on any atom is -0.353 e. The van der Waals surface area contributed by atoms with Crippen LogP contribution in [0, 0.1) is 20.8 Å². The zero-order valence-corrected chi connectivity index (χ0v) is 17.6. The van der Waals surface area contributed by atoms with Crippen LogP contribution in [0.15, 0.2) is 54.6 Å². The molecule has 0 saturated carbocycles. The first kappa shape index (κ1) is 20.2. The van der Waals surface area contributed by atoms with E-state index >= 15 is 0 Å². The highest BCUT2D eigenvalue weighted by molar-refractivity contribution is 6.39. The Morgan fingerprint density at radius 2 is 1.46 bits per heavy atom. The molecule has 0 aliphatic rings. The Morgan fingerprint density at radius 1 is 0.857 bits per heavy atom. The van der Waals surface area contributed by atoms with Crippen LogP contribution in [0.25, 0.3) is 0 Å². The smallest absolute Gasteiger partial charge is 0.228 e. The molecule has 144 valence electrons. The largest absolute Gasteiger partial charge is 0.353 e. The summed E-state index contributed by atoms with van der Waals surface area (Å²) < 4.78 is 0. The van der Waals surface area contributed by atoms with Gasteiger partial charge < -0.3 is 10.6 Å². The fraction of sp³-hybridized carbons (Fsp3) is 0.174. The lowest BCUT2D eigenvalue weighted by Gasteiger charge is -2.16. The molecular weight excluding hydrogens is 391 g/mol. The number of anilines is 3. The normalized spacial score (nSPS) is 10.6. The van der Waals surface area contributed by atoms with E-state index in [0.717, 1.165) is 28.1 Å². The molecular formula is C23H22Cl2N2O. The van der Waals surface area contributed by atoms with Crippen molar-refractivity contribution >= 4 is 46.2 Å². The second kappa shape index (κ2) is 8.68. The molecule has 3 aromatic carbocycles. The van der Waals surface area contributed by atoms with Crippen LogP contribution in [-0.4, -0.2) is 5.91 Å². The molecule has 3 aromatic rings. The van der Waals surface area contributed by atoms with E-state index in [4.69, 9.17) is 23.2 Å². The summed E-state index contributed by atoms with van der Waals surface area (Å²) in [4.78, 5) is 12.7. The second-order valence-corrected chi connectivity index (χ2v) is 7.69. The number of carbonyl (C=O) groups is 1. The van der Waals surface area contributed by atoms with Crippen LogP contribution >= 0.6 is 23.2 Å². The molecule has 0 radical (unpaired) electrons. The van der Waals surface area contributed by atoms with Crippen molar-refractivity contribution in [2.75, 3.05) is 10.6 Å². The Kier molecular flexibility index (Phi) is 6.28. The third-order valence-electron chi connectivity index (χ3n) is 4.53. The van der Waals surface area contributed by atoms with Crippen molar-refractivity contribution in [1.82, 2.24) is 0 Å². The third kappa shape index (κ3) is 4.67. The summed E-state index contributed by atoms with van der Waals surface area (Å²) in [5.41, 5.74) is 6.45. The van der Waals surface area contributed by atoms with Crippen molar-refractivity contribution in [1.29, 1.82) is 0 Å². The van der Waals surface area contributed by atoms with Crippen molar-refractivity contribution in [2.45, 2.75) is 27.2 Å². The molecule has 2 N–H and O–H groups in total. The number of halogens is 2. The number of rotatable bonds is 5. The van der Waals surface area contributed by atoms with E-state index in [9.17, 15) is 4.79 Å². The minimum absolute atomic E-state index is 0.0745. The quantitative estimate of drug-likeness (QED) is 0.481. The van der Waals surface area contributed by atoms with Crippen LogP contribution in [0.2, 0.25) is 10.0 Å². The lowest BCUT2D eigenvalue weighted by atomic mass is 10.0. The Morgan fingerprint density at radius 3 is 2.11 bits per heavy atom. The first-order valence-electron chi connectivity index (χ1n) is 9.02. The molecule has 0 atom stereocenters. The van der Waals surface area contributed by atoms with Gasteiger partial charge in [0.2, 0.25) is 5.91 Å². The number of aryl methyl sites for hydroxylation is 3. The van der Waals surface area contributed by atoms with E-state index in [2.05, 4.69) is 22.8 Å². The highest BCUT2D eigenvalue weighted by Gasteiger charge is 2.13. The van der Waals surface area contributed by atoms with Crippen molar-refractivity contribution in [3.8, 4) is 0 Å². The lowest BCUT2D eigenvalue weighted by molar-refractivity contribution is -0.115. The Bertz CT molecular complexity index is 988. The number of hydrogen-bond acceptors (Lipinski definition) is 2. The van der Waals surface area contributed by atoms with Crippen LogP contribution in [-0.2, 0) is 11.2 Å². The van der Waals surface area contributed by atoms with Gasteiger partial charge in [0.1, 0.15) is 0 Å². The lowest BCUT2D eigenvalue weighted by Crippen LogP contribution is -2.17. The van der Waals surface area contributed by atoms with Gasteiger partial charge in [-0.3, -0.25) is 4.79 Å². The maximum absolute atomic E-state index is 12.7. The molecule has 1 amide bonds. The first-order chi connectivity index (χ1) is 13.3. The van der Waals surface area contributed by atoms with Gasteiger partial charge in [-0.2, -0.15) is 0 Å². The molecule has 0 aromatic heterocycles. The Balaban J connectivity index is 1.81. The fourth-order valence-corrected chi connectivity index (χ4v) is 3.77. The summed E-state index contributed by atoms with van der Waals surface area (Å²) in [5.74, 6) is -0.0745. The molecule has 0 unspecified atom stereocenters. The van der Waals surface area contributed by atoms with Crippen LogP contribution < -0.4 is 10.6 Å². The number of nitrogens with one attached hydrogen (secondary N) is 2. The molecule has 0 fully saturated rings. The molecule has 0 aliphatic carbocycles. The molecule has 0 heterocycles. The average molecular weight is 413 g/mol. The summed E-state index contributed by atoms with van der Waals surface area (Å²) >= 11 is 12.5. The fourth-order valence-electron chi connectivity index (χ4n) is 3.28. The standard InChI is InChI=1S/C23H22Cl2N2O/c1-14-11-15(2)22(16(3)12-14)27-21(28)13-17-7-4-5-10-20(17)26-23-18(24)8-6-9-19(23)25/h4-12,26H,13H2,1-3H3,(H,27,28). The van der Waals surface area contributed by atoms with Gasteiger partial charge in [-0.15, -0.1) is 0 Å². The van der Waals surface area contributed by atoms with E-state index in [1.165, 1.54) is 5.56 Å². The summed E-state index contributed by atoms with van der Waals surface area (Å²) in [6, 6.07) is 17.1. The third-order valence-corrected chi connectivity index (χ3v) is 5.16. The van der Waals surface area contributed by atoms with E-state index in [0.29, 0.717) is 15.7 Å². The van der Waals surface area contributed by atoms with E-state index in [1.807, 2.05) is 45.0 Å². The van der Waals surface area contributed by atoms with Gasteiger partial charge in [0.05, 0.1) is 22.2 Å². The Labute approximate surface area is 175 Å². The highest BCUT2D eigenvalue weighted by Crippen LogP contribution is 2.33. The van der Waals surface area contributed by atoms with Gasteiger partial charge in [0, 0.05) is 11.4 Å². The van der Waals surface area contributed by atoms with Crippen LogP contribution in [0.3, 0.4) is 0 Å². The van der Waals surface area contributed by atoms with Crippen molar-refractivity contribution in [2.24, 2.45) is 0 Å². The summed E-state index contributed by atoms with van der Waals surface area (Å²) in [6.45, 7) is 6.06. The van der Waals surface area contributed by atoms with E-state index in [1.54, 1.807) is 18.2 Å². The number of benzene rings is 3. The molecule has 3 nitrogen and oxygen atoms in total. The SMILES string of the molecule is Cc1cc(C)c(NC(=O)Cc2ccccc2Nc2c(Cl)cccc2Cl)c(C)c1. The van der Waals surface area contributed by atoms with Gasteiger partial charge in [0.25, 0.3) is 0 Å². The van der Waals surface area contributed by atoms with Crippen LogP contribution in [0.4, 0.5) is 17.1 Å². The molecule has 0 spiro atoms. The van der Waals surface area contributed by atoms with Gasteiger partial charge in [-0.05, 0) is 55.7 Å². The molecule has 28 heavy (non-hydrogen) atoms. The van der Waals surface area contributed by atoms with Gasteiger partial charge in [-0.1, -0.05) is 65.2 Å². The molecule has 3 rings (SSSR count). The molecule has 0 saturated heterocycles. The number of amides is 1. The predicted molar refractivity (Wildman–Crippen MR) is 119 cm³/mol. The number of para-hydroxylation sites is 2. The van der Waals surface area contributed by atoms with Gasteiger partial charge >= 0.3 is 0 Å². The van der Waals surface area contributed by atoms with E-state index in [-0.39, 0.29) is 12.3 Å². The Hall–Kier alpha value is -2.49. The second-order valence-electron chi connectivity index (χ2n) is 6.88. The maximum Gasteiger partial charge on any atom is 0.228 e. The molecule has 0 aliphatic heterocycles. The highest BCUT2D eigenvalue weighted by atomic mass is 35.5. The molecule has 5 heteroatoms. The summed E-state index contributed by atoms with van der Waals surface area (Å²) in [5, 5.41) is 7.37. The number of hydrogen-bond donors (Lipinski definition) is 2. The summed E-state index contributed by atoms with van der Waals surface area (Å²) in [7, 11) is 0. The number of carbonyl (C=O) groups excluding carboxylic acids is 1. The zero-order valence-electron chi connectivity index (χ0n) is 16.1. The average Bonchev–Trinajstić information content (AvgIpc) is 2.62. The van der Waals surface area contributed by atoms with Crippen molar-refractivity contribution < 1.29 is 4.79 Å². The van der Waals surface area contributed by atoms with Crippen LogP contribution in [0.1, 0.15) is 22.3 Å². The van der Waals surface area contributed by atoms with Crippen LogP contribution in [0.5, 0.6) is 0 Å². The zero-order chi connectivity index (χ0) is 20.3. The predicted octanol–water partition coefficient (Wildman–Crippen LogP) is 6.84.